The zero-order valence-corrected chi connectivity index (χ0v) is 12.1. The highest BCUT2D eigenvalue weighted by Crippen LogP contribution is 2.29. The second-order valence-electron chi connectivity index (χ2n) is 5.98. The van der Waals surface area contributed by atoms with Crippen LogP contribution in [0.2, 0.25) is 0 Å². The number of nitrogens with one attached hydrogen (secondary N) is 1. The predicted molar refractivity (Wildman–Crippen MR) is 79.3 cm³/mol. The molecular weight excluding hydrogens is 268 g/mol. The van der Waals surface area contributed by atoms with Gasteiger partial charge in [0.1, 0.15) is 0 Å². The summed E-state index contributed by atoms with van der Waals surface area (Å²) in [6.45, 7) is 2.07. The number of nitrogens with zero attached hydrogens (tertiary/aromatic N) is 5. The van der Waals surface area contributed by atoms with Crippen molar-refractivity contribution in [1.82, 2.24) is 20.3 Å². The molecule has 0 aromatic carbocycles. The number of hydrogen-bond donors (Lipinski definition) is 1. The van der Waals surface area contributed by atoms with Crippen LogP contribution < -0.4 is 10.2 Å². The van der Waals surface area contributed by atoms with E-state index in [4.69, 9.17) is 4.63 Å². The average molecular weight is 288 g/mol. The summed E-state index contributed by atoms with van der Waals surface area (Å²) in [5.41, 5.74) is 0.974. The zero-order chi connectivity index (χ0) is 14.1. The molecule has 2 aromatic rings. The fourth-order valence-corrected chi connectivity index (χ4v) is 3.32. The molecule has 2 fully saturated rings. The van der Waals surface area contributed by atoms with Crippen molar-refractivity contribution < 1.29 is 4.63 Å². The summed E-state index contributed by atoms with van der Waals surface area (Å²) in [7, 11) is 0. The molecule has 1 aliphatic heterocycles. The third kappa shape index (κ3) is 2.52. The number of anilines is 2. The van der Waals surface area contributed by atoms with Gasteiger partial charge in [-0.3, -0.25) is 0 Å². The second-order valence-corrected chi connectivity index (χ2v) is 5.98. The van der Waals surface area contributed by atoms with Crippen LogP contribution in [0.4, 0.5) is 11.6 Å². The lowest BCUT2D eigenvalue weighted by Crippen LogP contribution is -2.27. The van der Waals surface area contributed by atoms with Crippen molar-refractivity contribution in [3.8, 4) is 0 Å². The predicted octanol–water partition coefficient (Wildman–Crippen LogP) is 2.36. The van der Waals surface area contributed by atoms with Crippen LogP contribution in [0.25, 0.3) is 11.3 Å². The van der Waals surface area contributed by atoms with Gasteiger partial charge in [-0.05, 0) is 36.0 Å². The highest BCUT2D eigenvalue weighted by Gasteiger charge is 2.23. The molecule has 0 bridgehead atoms. The van der Waals surface area contributed by atoms with Crippen molar-refractivity contribution in [2.45, 2.75) is 51.0 Å². The molecule has 4 rings (SSSR count). The second kappa shape index (κ2) is 5.46. The van der Waals surface area contributed by atoms with Gasteiger partial charge < -0.3 is 10.2 Å². The van der Waals surface area contributed by atoms with Crippen molar-refractivity contribution in [3.63, 3.8) is 0 Å². The molecule has 21 heavy (non-hydrogen) atoms. The Morgan fingerprint density at radius 1 is 0.905 bits per heavy atom. The Bertz CT molecular complexity index is 615. The van der Waals surface area contributed by atoms with Crippen LogP contribution >= 0.6 is 0 Å². The van der Waals surface area contributed by atoms with Gasteiger partial charge in [0.2, 0.25) is 11.3 Å². The molecule has 0 spiro atoms. The quantitative estimate of drug-likeness (QED) is 0.928. The highest BCUT2D eigenvalue weighted by molar-refractivity contribution is 5.74. The van der Waals surface area contributed by atoms with Crippen LogP contribution in [0.1, 0.15) is 44.9 Å². The van der Waals surface area contributed by atoms with Gasteiger partial charge in [-0.1, -0.05) is 19.3 Å². The van der Waals surface area contributed by atoms with E-state index in [1.54, 1.807) is 0 Å². The molecule has 112 valence electrons. The summed E-state index contributed by atoms with van der Waals surface area (Å²) < 4.78 is 4.76. The van der Waals surface area contributed by atoms with Gasteiger partial charge >= 0.3 is 0 Å². The van der Waals surface area contributed by atoms with E-state index in [1.165, 1.54) is 44.9 Å². The Hall–Kier alpha value is -1.92. The first-order chi connectivity index (χ1) is 10.4. The van der Waals surface area contributed by atoms with Crippen molar-refractivity contribution in [2.75, 3.05) is 23.3 Å². The van der Waals surface area contributed by atoms with Crippen LogP contribution in [-0.4, -0.2) is 39.4 Å². The molecule has 0 amide bonds. The maximum Gasteiger partial charge on any atom is 0.245 e. The fourth-order valence-electron chi connectivity index (χ4n) is 3.32. The summed E-state index contributed by atoms with van der Waals surface area (Å²) in [5.74, 6) is 1.74. The molecule has 2 aliphatic rings. The lowest BCUT2D eigenvalue weighted by atomic mass is 9.95. The summed E-state index contributed by atoms with van der Waals surface area (Å²) in [6.07, 6.45) is 8.75. The van der Waals surface area contributed by atoms with Gasteiger partial charge in [0, 0.05) is 19.1 Å². The zero-order valence-electron chi connectivity index (χ0n) is 12.1. The van der Waals surface area contributed by atoms with Crippen LogP contribution in [0.15, 0.2) is 4.63 Å². The SMILES string of the molecule is C1CCC(Nc2nc3nonc3nc2N2CCCC2)CC1. The minimum Gasteiger partial charge on any atom is -0.364 e. The van der Waals surface area contributed by atoms with E-state index in [1.807, 2.05) is 0 Å². The minimum atomic E-state index is 0.483. The average Bonchev–Trinajstić information content (AvgIpc) is 3.18. The Morgan fingerprint density at radius 3 is 2.38 bits per heavy atom. The molecule has 1 saturated heterocycles. The molecule has 0 atom stereocenters. The Morgan fingerprint density at radius 2 is 1.62 bits per heavy atom. The first-order valence-electron chi connectivity index (χ1n) is 7.92. The van der Waals surface area contributed by atoms with Gasteiger partial charge in [-0.2, -0.15) is 0 Å². The maximum absolute atomic E-state index is 4.76. The normalized spacial score (nSPS) is 20.3. The molecule has 3 heterocycles. The number of rotatable bonds is 3. The first-order valence-corrected chi connectivity index (χ1v) is 7.92. The molecule has 7 heteroatoms. The molecule has 1 saturated carbocycles. The van der Waals surface area contributed by atoms with Crippen molar-refractivity contribution in [2.24, 2.45) is 0 Å². The number of hydrogen-bond acceptors (Lipinski definition) is 7. The standard InChI is InChI=1S/C14H20N6O/c1-2-6-10(7-3-1)15-13-14(20-8-4-5-9-20)17-12-11(16-13)18-21-19-12/h10H,1-9H2,(H,15,16,18). The molecule has 2 aromatic heterocycles. The molecule has 1 aliphatic carbocycles. The molecular formula is C14H20N6O. The maximum atomic E-state index is 4.76. The van der Waals surface area contributed by atoms with Crippen LogP contribution in [0.5, 0.6) is 0 Å². The fraction of sp³-hybridized carbons (Fsp3) is 0.714. The van der Waals surface area contributed by atoms with E-state index in [-0.39, 0.29) is 0 Å². The largest absolute Gasteiger partial charge is 0.364 e. The number of aromatic nitrogens is 4. The van der Waals surface area contributed by atoms with E-state index in [0.29, 0.717) is 17.3 Å². The smallest absolute Gasteiger partial charge is 0.245 e. The lowest BCUT2D eigenvalue weighted by Gasteiger charge is -2.26. The van der Waals surface area contributed by atoms with E-state index in [0.717, 1.165) is 24.7 Å². The summed E-state index contributed by atoms with van der Waals surface area (Å²) in [4.78, 5) is 11.5. The minimum absolute atomic E-state index is 0.483. The lowest BCUT2D eigenvalue weighted by molar-refractivity contribution is 0.314. The Kier molecular flexibility index (Phi) is 3.33. The molecule has 0 radical (unpaired) electrons. The van der Waals surface area contributed by atoms with Crippen molar-refractivity contribution in [1.29, 1.82) is 0 Å². The Labute approximate surface area is 123 Å². The summed E-state index contributed by atoms with van der Waals surface area (Å²) in [6, 6.07) is 0.492. The van der Waals surface area contributed by atoms with E-state index < -0.39 is 0 Å². The highest BCUT2D eigenvalue weighted by atomic mass is 16.6. The van der Waals surface area contributed by atoms with Crippen LogP contribution in [-0.2, 0) is 0 Å². The van der Waals surface area contributed by atoms with Gasteiger partial charge in [0.25, 0.3) is 0 Å². The van der Waals surface area contributed by atoms with Crippen LogP contribution in [0, 0.1) is 0 Å². The summed E-state index contributed by atoms with van der Waals surface area (Å²) in [5, 5.41) is 11.2. The van der Waals surface area contributed by atoms with E-state index in [2.05, 4.69) is 30.5 Å². The van der Waals surface area contributed by atoms with Gasteiger partial charge in [0.15, 0.2) is 11.6 Å². The summed E-state index contributed by atoms with van der Waals surface area (Å²) >= 11 is 0. The van der Waals surface area contributed by atoms with Crippen molar-refractivity contribution in [3.05, 3.63) is 0 Å². The van der Waals surface area contributed by atoms with Gasteiger partial charge in [0.05, 0.1) is 0 Å². The third-order valence-electron chi connectivity index (χ3n) is 4.45. The van der Waals surface area contributed by atoms with E-state index in [9.17, 15) is 0 Å². The number of fused-ring (bicyclic) bond motifs is 1. The molecule has 0 unspecified atom stereocenters. The first kappa shape index (κ1) is 12.8. The Balaban J connectivity index is 1.67. The molecule has 7 nitrogen and oxygen atoms in total. The van der Waals surface area contributed by atoms with E-state index >= 15 is 0 Å². The van der Waals surface area contributed by atoms with Gasteiger partial charge in [-0.25, -0.2) is 14.6 Å². The molecule has 1 N–H and O–H groups in total. The third-order valence-corrected chi connectivity index (χ3v) is 4.45. The van der Waals surface area contributed by atoms with Gasteiger partial charge in [-0.15, -0.1) is 0 Å². The monoisotopic (exact) mass is 288 g/mol. The van der Waals surface area contributed by atoms with Crippen LogP contribution in [0.3, 0.4) is 0 Å². The topological polar surface area (TPSA) is 80.0 Å². The van der Waals surface area contributed by atoms with Crippen molar-refractivity contribution >= 4 is 22.9 Å².